The minimum atomic E-state index is -0.242. The number of hydrogen-bond donors (Lipinski definition) is 1. The van der Waals surface area contributed by atoms with Gasteiger partial charge in [-0.25, -0.2) is 0 Å². The van der Waals surface area contributed by atoms with E-state index in [2.05, 4.69) is 5.32 Å². The largest absolute Gasteiger partial charge is 0.322 e. The molecule has 0 spiro atoms. The quantitative estimate of drug-likeness (QED) is 0.735. The fourth-order valence-corrected chi connectivity index (χ4v) is 2.73. The van der Waals surface area contributed by atoms with Crippen molar-refractivity contribution in [3.05, 3.63) is 96.1 Å². The SMILES string of the molecule is CCN(C(=O)c1cccc(C(=O)Nc2ccccc2)c1)c1ccccc1. The van der Waals surface area contributed by atoms with E-state index in [1.807, 2.05) is 67.6 Å². The highest BCUT2D eigenvalue weighted by molar-refractivity contribution is 6.09. The molecule has 0 atom stereocenters. The molecule has 0 unspecified atom stereocenters. The fraction of sp³-hybridized carbons (Fsp3) is 0.0909. The molecule has 0 saturated carbocycles. The van der Waals surface area contributed by atoms with Crippen LogP contribution in [0.2, 0.25) is 0 Å². The summed E-state index contributed by atoms with van der Waals surface area (Å²) >= 11 is 0. The molecule has 0 aliphatic heterocycles. The van der Waals surface area contributed by atoms with Crippen molar-refractivity contribution in [1.29, 1.82) is 0 Å². The number of anilines is 2. The third-order valence-corrected chi connectivity index (χ3v) is 4.03. The average Bonchev–Trinajstić information content (AvgIpc) is 2.70. The van der Waals surface area contributed by atoms with Crippen LogP contribution in [0.4, 0.5) is 11.4 Å². The molecular weight excluding hydrogens is 324 g/mol. The maximum Gasteiger partial charge on any atom is 0.258 e. The van der Waals surface area contributed by atoms with Gasteiger partial charge in [0.2, 0.25) is 0 Å². The summed E-state index contributed by atoms with van der Waals surface area (Å²) in [7, 11) is 0. The molecule has 0 aliphatic carbocycles. The van der Waals surface area contributed by atoms with Crippen LogP contribution in [0.1, 0.15) is 27.6 Å². The summed E-state index contributed by atoms with van der Waals surface area (Å²) in [5.41, 5.74) is 2.48. The number of hydrogen-bond acceptors (Lipinski definition) is 2. The Morgan fingerprint density at radius 3 is 2.08 bits per heavy atom. The Bertz CT molecular complexity index is 892. The van der Waals surface area contributed by atoms with E-state index in [4.69, 9.17) is 0 Å². The van der Waals surface area contributed by atoms with E-state index in [-0.39, 0.29) is 11.8 Å². The van der Waals surface area contributed by atoms with Crippen molar-refractivity contribution < 1.29 is 9.59 Å². The molecule has 4 heteroatoms. The third kappa shape index (κ3) is 3.98. The van der Waals surface area contributed by atoms with Crippen LogP contribution in [0.15, 0.2) is 84.9 Å². The normalized spacial score (nSPS) is 10.2. The molecule has 130 valence electrons. The number of benzene rings is 3. The zero-order valence-electron chi connectivity index (χ0n) is 14.6. The molecule has 4 nitrogen and oxygen atoms in total. The predicted octanol–water partition coefficient (Wildman–Crippen LogP) is 4.61. The zero-order chi connectivity index (χ0) is 18.4. The first-order valence-electron chi connectivity index (χ1n) is 8.52. The van der Waals surface area contributed by atoms with Gasteiger partial charge in [-0.1, -0.05) is 42.5 Å². The van der Waals surface area contributed by atoms with E-state index in [0.29, 0.717) is 23.4 Å². The number of carbonyl (C=O) groups excluding carboxylic acids is 2. The van der Waals surface area contributed by atoms with Crippen LogP contribution in [0.5, 0.6) is 0 Å². The van der Waals surface area contributed by atoms with Gasteiger partial charge >= 0.3 is 0 Å². The van der Waals surface area contributed by atoms with Gasteiger partial charge in [0.15, 0.2) is 0 Å². The standard InChI is InChI=1S/C22H20N2O2/c1-2-24(20-14-7-4-8-15-20)22(26)18-11-9-10-17(16-18)21(25)23-19-12-5-3-6-13-19/h3-16H,2H2,1H3,(H,23,25). The van der Waals surface area contributed by atoms with Crippen LogP contribution in [0.25, 0.3) is 0 Å². The van der Waals surface area contributed by atoms with Gasteiger partial charge in [-0.05, 0) is 49.4 Å². The number of nitrogens with zero attached hydrogens (tertiary/aromatic N) is 1. The van der Waals surface area contributed by atoms with Gasteiger partial charge in [0.1, 0.15) is 0 Å². The lowest BCUT2D eigenvalue weighted by Gasteiger charge is -2.21. The highest BCUT2D eigenvalue weighted by Crippen LogP contribution is 2.18. The van der Waals surface area contributed by atoms with Crippen LogP contribution < -0.4 is 10.2 Å². The van der Waals surface area contributed by atoms with E-state index >= 15 is 0 Å². The second-order valence-electron chi connectivity index (χ2n) is 5.79. The van der Waals surface area contributed by atoms with Crippen LogP contribution in [-0.2, 0) is 0 Å². The van der Waals surface area contributed by atoms with Crippen molar-refractivity contribution in [3.8, 4) is 0 Å². The van der Waals surface area contributed by atoms with Crippen LogP contribution in [0.3, 0.4) is 0 Å². The van der Waals surface area contributed by atoms with Gasteiger partial charge in [-0.3, -0.25) is 9.59 Å². The first-order chi connectivity index (χ1) is 12.7. The first kappa shape index (κ1) is 17.4. The molecule has 3 aromatic rings. The molecule has 3 aromatic carbocycles. The monoisotopic (exact) mass is 344 g/mol. The molecule has 0 fully saturated rings. The number of para-hydroxylation sites is 2. The summed E-state index contributed by atoms with van der Waals surface area (Å²) in [5.74, 6) is -0.373. The summed E-state index contributed by atoms with van der Waals surface area (Å²) in [6.45, 7) is 2.47. The van der Waals surface area contributed by atoms with Crippen molar-refractivity contribution in [2.75, 3.05) is 16.8 Å². The summed E-state index contributed by atoms with van der Waals surface area (Å²) in [6, 6.07) is 25.5. The maximum atomic E-state index is 12.9. The number of rotatable bonds is 5. The Balaban J connectivity index is 1.82. The van der Waals surface area contributed by atoms with E-state index in [1.54, 1.807) is 29.2 Å². The van der Waals surface area contributed by atoms with Gasteiger partial charge < -0.3 is 10.2 Å². The molecule has 0 heterocycles. The number of amides is 2. The molecule has 1 N–H and O–H groups in total. The van der Waals surface area contributed by atoms with Gasteiger partial charge in [-0.2, -0.15) is 0 Å². The van der Waals surface area contributed by atoms with Gasteiger partial charge in [0, 0.05) is 29.0 Å². The fourth-order valence-electron chi connectivity index (χ4n) is 2.73. The molecule has 3 rings (SSSR count). The average molecular weight is 344 g/mol. The second kappa shape index (κ2) is 8.12. The summed E-state index contributed by atoms with van der Waals surface area (Å²) in [5, 5.41) is 2.84. The summed E-state index contributed by atoms with van der Waals surface area (Å²) in [4.78, 5) is 27.1. The minimum absolute atomic E-state index is 0.131. The topological polar surface area (TPSA) is 49.4 Å². The number of nitrogens with one attached hydrogen (secondary N) is 1. The van der Waals surface area contributed by atoms with Crippen molar-refractivity contribution >= 4 is 23.2 Å². The van der Waals surface area contributed by atoms with Crippen LogP contribution in [0, 0.1) is 0 Å². The van der Waals surface area contributed by atoms with Gasteiger partial charge in [0.05, 0.1) is 0 Å². The Labute approximate surface area is 153 Å². The maximum absolute atomic E-state index is 12.9. The van der Waals surface area contributed by atoms with Crippen molar-refractivity contribution in [1.82, 2.24) is 0 Å². The molecule has 0 radical (unpaired) electrons. The molecule has 26 heavy (non-hydrogen) atoms. The Morgan fingerprint density at radius 1 is 0.808 bits per heavy atom. The lowest BCUT2D eigenvalue weighted by Crippen LogP contribution is -2.30. The van der Waals surface area contributed by atoms with Crippen LogP contribution in [-0.4, -0.2) is 18.4 Å². The van der Waals surface area contributed by atoms with Crippen molar-refractivity contribution in [3.63, 3.8) is 0 Å². The Kier molecular flexibility index (Phi) is 5.44. The minimum Gasteiger partial charge on any atom is -0.322 e. The van der Waals surface area contributed by atoms with Gasteiger partial charge in [-0.15, -0.1) is 0 Å². The van der Waals surface area contributed by atoms with E-state index in [9.17, 15) is 9.59 Å². The summed E-state index contributed by atoms with van der Waals surface area (Å²) < 4.78 is 0. The smallest absolute Gasteiger partial charge is 0.258 e. The van der Waals surface area contributed by atoms with Gasteiger partial charge in [0.25, 0.3) is 11.8 Å². The highest BCUT2D eigenvalue weighted by Gasteiger charge is 2.17. The van der Waals surface area contributed by atoms with E-state index in [1.165, 1.54) is 0 Å². The third-order valence-electron chi connectivity index (χ3n) is 4.03. The Hall–Kier alpha value is -3.40. The second-order valence-corrected chi connectivity index (χ2v) is 5.79. The molecule has 0 saturated heterocycles. The first-order valence-corrected chi connectivity index (χ1v) is 8.52. The molecular formula is C22H20N2O2. The van der Waals surface area contributed by atoms with Crippen LogP contribution >= 0.6 is 0 Å². The van der Waals surface area contributed by atoms with Crippen molar-refractivity contribution in [2.45, 2.75) is 6.92 Å². The predicted molar refractivity (Wildman–Crippen MR) is 105 cm³/mol. The molecule has 0 bridgehead atoms. The lowest BCUT2D eigenvalue weighted by molar-refractivity contribution is 0.0988. The molecule has 2 amide bonds. The zero-order valence-corrected chi connectivity index (χ0v) is 14.6. The van der Waals surface area contributed by atoms with E-state index < -0.39 is 0 Å². The molecule has 0 aliphatic rings. The Morgan fingerprint density at radius 2 is 1.42 bits per heavy atom. The van der Waals surface area contributed by atoms with Crippen molar-refractivity contribution in [2.24, 2.45) is 0 Å². The summed E-state index contributed by atoms with van der Waals surface area (Å²) in [6.07, 6.45) is 0. The number of carbonyl (C=O) groups is 2. The molecule has 0 aromatic heterocycles. The lowest BCUT2D eigenvalue weighted by atomic mass is 10.1. The highest BCUT2D eigenvalue weighted by atomic mass is 16.2. The van der Waals surface area contributed by atoms with E-state index in [0.717, 1.165) is 5.69 Å².